The largest absolute Gasteiger partial charge is 0.480 e. The first-order chi connectivity index (χ1) is 10.2. The molecule has 0 aromatic heterocycles. The van der Waals surface area contributed by atoms with Gasteiger partial charge in [0.25, 0.3) is 5.69 Å². The predicted octanol–water partition coefficient (Wildman–Crippen LogP) is 2.94. The topological polar surface area (TPSA) is 83.7 Å². The lowest BCUT2D eigenvalue weighted by Crippen LogP contribution is -2.52. The highest BCUT2D eigenvalue weighted by Crippen LogP contribution is 2.34. The van der Waals surface area contributed by atoms with E-state index in [4.69, 9.17) is 0 Å². The molecule has 0 bridgehead atoms. The molecule has 6 nitrogen and oxygen atoms in total. The highest BCUT2D eigenvalue weighted by molar-refractivity contribution is 5.83. The van der Waals surface area contributed by atoms with Crippen molar-refractivity contribution in [2.24, 2.45) is 0 Å². The van der Waals surface area contributed by atoms with Crippen LogP contribution in [-0.2, 0) is 4.79 Å². The summed E-state index contributed by atoms with van der Waals surface area (Å²) >= 11 is 0. The number of aliphatic carboxylic acids is 1. The number of nitro groups is 1. The Morgan fingerprint density at radius 1 is 1.36 bits per heavy atom. The first-order valence-electron chi connectivity index (χ1n) is 7.16. The molecule has 118 valence electrons. The average molecular weight is 304 g/mol. The van der Waals surface area contributed by atoms with E-state index in [9.17, 15) is 20.0 Å². The molecule has 1 unspecified atom stereocenters. The molecule has 1 atom stereocenters. The molecule has 0 saturated carbocycles. The van der Waals surface area contributed by atoms with Crippen LogP contribution in [0.3, 0.4) is 0 Å². The summed E-state index contributed by atoms with van der Waals surface area (Å²) in [6, 6.07) is 5.69. The second-order valence-electron chi connectivity index (χ2n) is 6.36. The third-order valence-electron chi connectivity index (χ3n) is 3.88. The van der Waals surface area contributed by atoms with Crippen molar-refractivity contribution in [3.63, 3.8) is 0 Å². The van der Waals surface area contributed by atoms with E-state index in [-0.39, 0.29) is 11.2 Å². The van der Waals surface area contributed by atoms with E-state index in [1.54, 1.807) is 24.3 Å². The fraction of sp³-hybridized carbons (Fsp3) is 0.438. The van der Waals surface area contributed by atoms with Crippen molar-refractivity contribution in [3.8, 4) is 0 Å². The Morgan fingerprint density at radius 2 is 2.00 bits per heavy atom. The molecule has 22 heavy (non-hydrogen) atoms. The zero-order valence-electron chi connectivity index (χ0n) is 12.9. The molecule has 0 radical (unpaired) electrons. The van der Waals surface area contributed by atoms with E-state index in [2.05, 4.69) is 0 Å². The molecule has 1 aromatic carbocycles. The van der Waals surface area contributed by atoms with Gasteiger partial charge < -0.3 is 5.11 Å². The van der Waals surface area contributed by atoms with Gasteiger partial charge in [-0.25, -0.2) is 0 Å². The van der Waals surface area contributed by atoms with Crippen LogP contribution in [0.1, 0.15) is 32.8 Å². The van der Waals surface area contributed by atoms with Crippen molar-refractivity contribution >= 4 is 17.2 Å². The molecule has 0 spiro atoms. The molecule has 1 aliphatic heterocycles. The molecule has 1 N–H and O–H groups in total. The zero-order valence-corrected chi connectivity index (χ0v) is 12.9. The summed E-state index contributed by atoms with van der Waals surface area (Å²) in [6.07, 6.45) is 2.23. The van der Waals surface area contributed by atoms with Crippen LogP contribution in [0.5, 0.6) is 0 Å². The van der Waals surface area contributed by atoms with E-state index in [1.165, 1.54) is 6.07 Å². The van der Waals surface area contributed by atoms with Gasteiger partial charge in [-0.1, -0.05) is 18.2 Å². The number of nitro benzene ring substituents is 1. The third kappa shape index (κ3) is 3.17. The van der Waals surface area contributed by atoms with Crippen LogP contribution in [0.2, 0.25) is 0 Å². The lowest BCUT2D eigenvalue weighted by molar-refractivity contribution is -0.385. The SMILES string of the molecule is CC(C)(C)N1CCC(c2ccccc2[N+](=O)[O-])=CC1C(=O)O. The maximum absolute atomic E-state index is 11.6. The smallest absolute Gasteiger partial charge is 0.324 e. The summed E-state index contributed by atoms with van der Waals surface area (Å²) in [5.74, 6) is -0.939. The minimum atomic E-state index is -0.939. The van der Waals surface area contributed by atoms with Gasteiger partial charge in [-0.05, 0) is 38.8 Å². The van der Waals surface area contributed by atoms with Crippen LogP contribution in [0.25, 0.3) is 5.57 Å². The number of carboxylic acid groups (broad SMARTS) is 1. The Labute approximate surface area is 129 Å². The first-order valence-corrected chi connectivity index (χ1v) is 7.16. The molecule has 6 heteroatoms. The average Bonchev–Trinajstić information content (AvgIpc) is 2.45. The van der Waals surface area contributed by atoms with Crippen LogP contribution in [0.4, 0.5) is 5.69 Å². The Balaban J connectivity index is 2.46. The van der Waals surface area contributed by atoms with Crippen LogP contribution in [0.15, 0.2) is 30.3 Å². The predicted molar refractivity (Wildman–Crippen MR) is 83.6 cm³/mol. The summed E-state index contributed by atoms with van der Waals surface area (Å²) < 4.78 is 0. The number of carbonyl (C=O) groups is 1. The molecule has 0 fully saturated rings. The maximum atomic E-state index is 11.6. The molecule has 2 rings (SSSR count). The van der Waals surface area contributed by atoms with E-state index in [0.717, 1.165) is 5.57 Å². The number of rotatable bonds is 3. The summed E-state index contributed by atoms with van der Waals surface area (Å²) in [4.78, 5) is 24.2. The molecule has 1 heterocycles. The highest BCUT2D eigenvalue weighted by atomic mass is 16.6. The first kappa shape index (κ1) is 16.2. The van der Waals surface area contributed by atoms with Gasteiger partial charge in [0.1, 0.15) is 6.04 Å². The van der Waals surface area contributed by atoms with Gasteiger partial charge in [-0.3, -0.25) is 19.8 Å². The summed E-state index contributed by atoms with van der Waals surface area (Å²) in [5, 5.41) is 20.7. The molecular formula is C16H20N2O4. The fourth-order valence-corrected chi connectivity index (χ4v) is 2.83. The van der Waals surface area contributed by atoms with Crippen molar-refractivity contribution < 1.29 is 14.8 Å². The highest BCUT2D eigenvalue weighted by Gasteiger charge is 2.35. The molecule has 1 aromatic rings. The molecule has 0 aliphatic carbocycles. The quantitative estimate of drug-likeness (QED) is 0.685. The number of carboxylic acids is 1. The lowest BCUT2D eigenvalue weighted by atomic mass is 9.91. The van der Waals surface area contributed by atoms with Gasteiger partial charge >= 0.3 is 5.97 Å². The van der Waals surface area contributed by atoms with Gasteiger partial charge in [-0.15, -0.1) is 0 Å². The van der Waals surface area contributed by atoms with Gasteiger partial charge in [0, 0.05) is 18.2 Å². The number of benzene rings is 1. The van der Waals surface area contributed by atoms with Crippen molar-refractivity contribution in [1.29, 1.82) is 0 Å². The molecular weight excluding hydrogens is 284 g/mol. The van der Waals surface area contributed by atoms with E-state index < -0.39 is 16.9 Å². The van der Waals surface area contributed by atoms with Gasteiger partial charge in [0.15, 0.2) is 0 Å². The minimum absolute atomic E-state index is 0.0158. The van der Waals surface area contributed by atoms with Crippen molar-refractivity contribution in [2.75, 3.05) is 6.54 Å². The fourth-order valence-electron chi connectivity index (χ4n) is 2.83. The Bertz CT molecular complexity index is 631. The van der Waals surface area contributed by atoms with Crippen LogP contribution in [-0.4, -0.2) is 39.0 Å². The van der Waals surface area contributed by atoms with Crippen molar-refractivity contribution in [1.82, 2.24) is 4.90 Å². The number of nitrogens with zero attached hydrogens (tertiary/aromatic N) is 2. The normalized spacial score (nSPS) is 19.6. The standard InChI is InChI=1S/C16H20N2O4/c1-16(2,3)17-9-8-11(10-14(17)15(19)20)12-6-4-5-7-13(12)18(21)22/h4-7,10,14H,8-9H2,1-3H3,(H,19,20). The third-order valence-corrected chi connectivity index (χ3v) is 3.88. The summed E-state index contributed by atoms with van der Waals surface area (Å²) in [5.41, 5.74) is 0.961. The summed E-state index contributed by atoms with van der Waals surface area (Å²) in [7, 11) is 0. The number of hydrogen-bond acceptors (Lipinski definition) is 4. The zero-order chi connectivity index (χ0) is 16.5. The van der Waals surface area contributed by atoms with Crippen LogP contribution >= 0.6 is 0 Å². The van der Waals surface area contributed by atoms with E-state index in [1.807, 2.05) is 25.7 Å². The van der Waals surface area contributed by atoms with E-state index in [0.29, 0.717) is 18.5 Å². The Hall–Kier alpha value is -2.21. The van der Waals surface area contributed by atoms with Crippen LogP contribution in [0, 0.1) is 10.1 Å². The van der Waals surface area contributed by atoms with Crippen molar-refractivity contribution in [2.45, 2.75) is 38.8 Å². The van der Waals surface area contributed by atoms with E-state index >= 15 is 0 Å². The van der Waals surface area contributed by atoms with Crippen LogP contribution < -0.4 is 0 Å². The number of hydrogen-bond donors (Lipinski definition) is 1. The minimum Gasteiger partial charge on any atom is -0.480 e. The molecule has 0 amide bonds. The second-order valence-corrected chi connectivity index (χ2v) is 6.36. The maximum Gasteiger partial charge on any atom is 0.324 e. The number of para-hydroxylation sites is 1. The second kappa shape index (κ2) is 5.88. The monoisotopic (exact) mass is 304 g/mol. The van der Waals surface area contributed by atoms with Gasteiger partial charge in [0.2, 0.25) is 0 Å². The summed E-state index contributed by atoms with van der Waals surface area (Å²) in [6.45, 7) is 6.45. The van der Waals surface area contributed by atoms with Crippen molar-refractivity contribution in [3.05, 3.63) is 46.0 Å². The Morgan fingerprint density at radius 3 is 2.55 bits per heavy atom. The lowest BCUT2D eigenvalue weighted by Gasteiger charge is -2.41. The molecule has 0 saturated heterocycles. The molecule has 1 aliphatic rings. The van der Waals surface area contributed by atoms with Gasteiger partial charge in [0.05, 0.1) is 10.5 Å². The van der Waals surface area contributed by atoms with Gasteiger partial charge in [-0.2, -0.15) is 0 Å². The Kier molecular flexibility index (Phi) is 4.32.